The van der Waals surface area contributed by atoms with Gasteiger partial charge < -0.3 is 24.6 Å². The summed E-state index contributed by atoms with van der Waals surface area (Å²) >= 11 is 0. The number of aliphatic carboxylic acids is 1. The zero-order valence-electron chi connectivity index (χ0n) is 13.8. The number of carboxylic acid groups (broad SMARTS) is 1. The summed E-state index contributed by atoms with van der Waals surface area (Å²) in [6, 6.07) is 7.45. The maximum Gasteiger partial charge on any atom is 0.508 e. The van der Waals surface area contributed by atoms with E-state index >= 15 is 0 Å². The maximum absolute atomic E-state index is 11.6. The number of alkyl carbamates (subject to hydrolysis) is 1. The van der Waals surface area contributed by atoms with Crippen molar-refractivity contribution < 1.29 is 33.7 Å². The van der Waals surface area contributed by atoms with Crippen LogP contribution in [0.4, 0.5) is 9.59 Å². The second-order valence-electron chi connectivity index (χ2n) is 5.87. The molecular formula is C16H21NO7. The first kappa shape index (κ1) is 19.3. The highest BCUT2D eigenvalue weighted by molar-refractivity contribution is 5.80. The third-order valence-corrected chi connectivity index (χ3v) is 2.56. The molecule has 1 amide bonds. The lowest BCUT2D eigenvalue weighted by atomic mass is 10.2. The summed E-state index contributed by atoms with van der Waals surface area (Å²) in [4.78, 5) is 34.1. The molecular weight excluding hydrogens is 318 g/mol. The molecule has 0 saturated carbocycles. The molecule has 1 rings (SSSR count). The van der Waals surface area contributed by atoms with Gasteiger partial charge in [0, 0.05) is 0 Å². The molecule has 8 heteroatoms. The Morgan fingerprint density at radius 3 is 2.29 bits per heavy atom. The molecule has 0 aromatic heterocycles. The fourth-order valence-electron chi connectivity index (χ4n) is 1.51. The first-order valence-electron chi connectivity index (χ1n) is 7.23. The Hall–Kier alpha value is -2.77. The molecule has 0 unspecified atom stereocenters. The number of ether oxygens (including phenoxy) is 3. The van der Waals surface area contributed by atoms with Crippen LogP contribution in [0.2, 0.25) is 0 Å². The Labute approximate surface area is 139 Å². The molecule has 0 aliphatic heterocycles. The number of rotatable bonds is 6. The smallest absolute Gasteiger partial charge is 0.480 e. The molecule has 132 valence electrons. The van der Waals surface area contributed by atoms with Crippen LogP contribution in [0.3, 0.4) is 0 Å². The van der Waals surface area contributed by atoms with Crippen molar-refractivity contribution in [2.24, 2.45) is 0 Å². The van der Waals surface area contributed by atoms with Crippen molar-refractivity contribution >= 4 is 18.2 Å². The topological polar surface area (TPSA) is 111 Å². The summed E-state index contributed by atoms with van der Waals surface area (Å²) in [5.74, 6) is -1.37. The van der Waals surface area contributed by atoms with E-state index in [1.165, 1.54) is 0 Å². The molecule has 0 bridgehead atoms. The summed E-state index contributed by atoms with van der Waals surface area (Å²) in [6.45, 7) is 4.34. The Bertz CT molecular complexity index is 566. The van der Waals surface area contributed by atoms with Gasteiger partial charge in [0.25, 0.3) is 0 Å². The number of benzene rings is 1. The van der Waals surface area contributed by atoms with Crippen LogP contribution < -0.4 is 5.32 Å². The van der Waals surface area contributed by atoms with Gasteiger partial charge in [-0.25, -0.2) is 14.4 Å². The molecule has 1 atom stereocenters. The van der Waals surface area contributed by atoms with Gasteiger partial charge in [0.15, 0.2) is 6.04 Å². The Morgan fingerprint density at radius 2 is 1.75 bits per heavy atom. The lowest BCUT2D eigenvalue weighted by molar-refractivity contribution is -0.140. The van der Waals surface area contributed by atoms with Gasteiger partial charge in [-0.3, -0.25) is 0 Å². The second-order valence-corrected chi connectivity index (χ2v) is 5.87. The van der Waals surface area contributed by atoms with Crippen molar-refractivity contribution in [1.29, 1.82) is 0 Å². The minimum absolute atomic E-state index is 0.00800. The first-order valence-corrected chi connectivity index (χ1v) is 7.23. The highest BCUT2D eigenvalue weighted by Gasteiger charge is 2.24. The molecule has 24 heavy (non-hydrogen) atoms. The Morgan fingerprint density at radius 1 is 1.12 bits per heavy atom. The maximum atomic E-state index is 11.6. The Kier molecular flexibility index (Phi) is 7.03. The zero-order chi connectivity index (χ0) is 18.2. The van der Waals surface area contributed by atoms with E-state index in [2.05, 4.69) is 5.32 Å². The van der Waals surface area contributed by atoms with Gasteiger partial charge >= 0.3 is 18.2 Å². The molecule has 0 heterocycles. The van der Waals surface area contributed by atoms with E-state index in [-0.39, 0.29) is 6.61 Å². The molecule has 8 nitrogen and oxygen atoms in total. The van der Waals surface area contributed by atoms with Gasteiger partial charge in [0.05, 0.1) is 0 Å². The average Bonchev–Trinajstić information content (AvgIpc) is 2.48. The molecule has 0 fully saturated rings. The summed E-state index contributed by atoms with van der Waals surface area (Å²) < 4.78 is 14.5. The van der Waals surface area contributed by atoms with Crippen LogP contribution in [-0.4, -0.2) is 41.6 Å². The number of amides is 1. The summed E-state index contributed by atoms with van der Waals surface area (Å²) in [6.07, 6.45) is -1.95. The number of carbonyl (C=O) groups is 3. The predicted octanol–water partition coefficient (Wildman–Crippen LogP) is 2.32. The lowest BCUT2D eigenvalue weighted by Crippen LogP contribution is -2.45. The Balaban J connectivity index is 2.43. The number of hydrogen-bond acceptors (Lipinski definition) is 6. The minimum Gasteiger partial charge on any atom is -0.480 e. The highest BCUT2D eigenvalue weighted by atomic mass is 16.7. The van der Waals surface area contributed by atoms with E-state index in [9.17, 15) is 14.4 Å². The largest absolute Gasteiger partial charge is 0.508 e. The van der Waals surface area contributed by atoms with Gasteiger partial charge in [0.1, 0.15) is 18.8 Å². The lowest BCUT2D eigenvalue weighted by Gasteiger charge is -2.20. The van der Waals surface area contributed by atoms with Crippen molar-refractivity contribution in [1.82, 2.24) is 5.32 Å². The van der Waals surface area contributed by atoms with Gasteiger partial charge in [0.2, 0.25) is 0 Å². The van der Waals surface area contributed by atoms with Crippen LogP contribution >= 0.6 is 0 Å². The second kappa shape index (κ2) is 8.76. The van der Waals surface area contributed by atoms with Crippen LogP contribution in [0.15, 0.2) is 30.3 Å². The van der Waals surface area contributed by atoms with Crippen molar-refractivity contribution in [2.75, 3.05) is 6.61 Å². The number of hydrogen-bond donors (Lipinski definition) is 2. The molecule has 0 radical (unpaired) electrons. The fraction of sp³-hybridized carbons (Fsp3) is 0.438. The van der Waals surface area contributed by atoms with Crippen molar-refractivity contribution in [2.45, 2.75) is 39.0 Å². The zero-order valence-corrected chi connectivity index (χ0v) is 13.8. The van der Waals surface area contributed by atoms with E-state index in [0.29, 0.717) is 0 Å². The number of nitrogens with one attached hydrogen (secondary N) is 1. The third-order valence-electron chi connectivity index (χ3n) is 2.56. The molecule has 0 spiro atoms. The quantitative estimate of drug-likeness (QED) is 0.765. The molecule has 2 N–H and O–H groups in total. The van der Waals surface area contributed by atoms with Crippen LogP contribution in [0.5, 0.6) is 0 Å². The highest BCUT2D eigenvalue weighted by Crippen LogP contribution is 2.08. The fourth-order valence-corrected chi connectivity index (χ4v) is 1.51. The van der Waals surface area contributed by atoms with E-state index in [1.807, 2.05) is 6.07 Å². The van der Waals surface area contributed by atoms with Gasteiger partial charge in [-0.05, 0) is 26.3 Å². The monoisotopic (exact) mass is 339 g/mol. The molecule has 0 aliphatic carbocycles. The van der Waals surface area contributed by atoms with Crippen molar-refractivity contribution in [3.8, 4) is 0 Å². The molecule has 1 aromatic rings. The molecule has 0 aliphatic rings. The van der Waals surface area contributed by atoms with Crippen LogP contribution in [0.25, 0.3) is 0 Å². The van der Waals surface area contributed by atoms with E-state index < -0.39 is 36.5 Å². The molecule has 0 saturated heterocycles. The van der Waals surface area contributed by atoms with Crippen LogP contribution in [0, 0.1) is 0 Å². The van der Waals surface area contributed by atoms with E-state index in [0.717, 1.165) is 5.56 Å². The summed E-state index contributed by atoms with van der Waals surface area (Å²) in [5.41, 5.74) is -0.0118. The van der Waals surface area contributed by atoms with E-state index in [1.54, 1.807) is 45.0 Å². The number of carbonyl (C=O) groups excluding carboxylic acids is 2. The van der Waals surface area contributed by atoms with Gasteiger partial charge in [-0.2, -0.15) is 0 Å². The third kappa shape index (κ3) is 8.02. The summed E-state index contributed by atoms with van der Waals surface area (Å²) in [5, 5.41) is 11.2. The van der Waals surface area contributed by atoms with Crippen molar-refractivity contribution in [3.63, 3.8) is 0 Å². The van der Waals surface area contributed by atoms with Crippen LogP contribution in [0.1, 0.15) is 26.3 Å². The first-order chi connectivity index (χ1) is 11.2. The van der Waals surface area contributed by atoms with Crippen LogP contribution in [-0.2, 0) is 25.6 Å². The van der Waals surface area contributed by atoms with Crippen molar-refractivity contribution in [3.05, 3.63) is 35.9 Å². The predicted molar refractivity (Wildman–Crippen MR) is 83.4 cm³/mol. The van der Waals surface area contributed by atoms with Gasteiger partial charge in [-0.15, -0.1) is 0 Å². The molecule has 1 aromatic carbocycles. The van der Waals surface area contributed by atoms with Gasteiger partial charge in [-0.1, -0.05) is 30.3 Å². The van der Waals surface area contributed by atoms with E-state index in [4.69, 9.17) is 19.3 Å². The minimum atomic E-state index is -1.44. The standard InChI is InChI=1S/C16H21NO7/c1-16(2,3)24-15(21)23-10-12(13(18)19)17-14(20)22-9-11-7-5-4-6-8-11/h4-8,12H,9-10H2,1-3H3,(H,17,20)(H,18,19)/t12-/m0/s1. The normalized spacial score (nSPS) is 12.0. The SMILES string of the molecule is CC(C)(C)OC(=O)OC[C@H](NC(=O)OCc1ccccc1)C(=O)O. The average molecular weight is 339 g/mol. The summed E-state index contributed by atoms with van der Waals surface area (Å²) in [7, 11) is 0. The number of carboxylic acids is 1.